The Bertz CT molecular complexity index is 1120. The Morgan fingerprint density at radius 3 is 2.93 bits per heavy atom. The van der Waals surface area contributed by atoms with Gasteiger partial charge < -0.3 is 4.90 Å². The Labute approximate surface area is 159 Å². The van der Waals surface area contributed by atoms with Gasteiger partial charge >= 0.3 is 5.69 Å². The van der Waals surface area contributed by atoms with Crippen molar-refractivity contribution in [3.8, 4) is 0 Å². The molecule has 146 valence electrons. The highest BCUT2D eigenvalue weighted by molar-refractivity contribution is 5.81. The van der Waals surface area contributed by atoms with Crippen LogP contribution in [0.5, 0.6) is 0 Å². The number of carbonyl (C=O) groups excluding carboxylic acids is 1. The second kappa shape index (κ2) is 6.25. The normalized spacial score (nSPS) is 19.6. The highest BCUT2D eigenvalue weighted by Crippen LogP contribution is 2.26. The summed E-state index contributed by atoms with van der Waals surface area (Å²) in [5.74, 6) is 0.411. The minimum Gasteiger partial charge on any atom is -0.335 e. The van der Waals surface area contributed by atoms with Gasteiger partial charge in [-0.25, -0.2) is 18.9 Å². The van der Waals surface area contributed by atoms with Crippen LogP contribution >= 0.6 is 0 Å². The number of halogens is 1. The number of carbonyl (C=O) groups is 1. The fraction of sp³-hybridized carbons (Fsp3) is 0.500. The smallest absolute Gasteiger partial charge is 0.335 e. The molecule has 3 aromatic rings. The second-order valence-corrected chi connectivity index (χ2v) is 7.42. The summed E-state index contributed by atoms with van der Waals surface area (Å²) >= 11 is 0. The van der Waals surface area contributed by atoms with Crippen LogP contribution in [0, 0.1) is 0 Å². The molecule has 0 bridgehead atoms. The molecule has 28 heavy (non-hydrogen) atoms. The van der Waals surface area contributed by atoms with Crippen molar-refractivity contribution in [1.29, 1.82) is 0 Å². The first-order valence-corrected chi connectivity index (χ1v) is 9.40. The first kappa shape index (κ1) is 17.1. The third-order valence-corrected chi connectivity index (χ3v) is 5.54. The van der Waals surface area contributed by atoms with E-state index in [1.54, 1.807) is 17.9 Å². The number of aryl methyl sites for hydroxylation is 2. The van der Waals surface area contributed by atoms with E-state index in [2.05, 4.69) is 15.2 Å². The molecule has 5 heterocycles. The minimum atomic E-state index is -0.961. The second-order valence-electron chi connectivity index (χ2n) is 7.42. The Balaban J connectivity index is 1.49. The van der Waals surface area contributed by atoms with Gasteiger partial charge in [-0.15, -0.1) is 0 Å². The summed E-state index contributed by atoms with van der Waals surface area (Å²) < 4.78 is 17.7. The van der Waals surface area contributed by atoms with Gasteiger partial charge in [0.1, 0.15) is 18.0 Å². The highest BCUT2D eigenvalue weighted by atomic mass is 19.1. The van der Waals surface area contributed by atoms with Gasteiger partial charge in [0.2, 0.25) is 5.91 Å². The van der Waals surface area contributed by atoms with E-state index in [4.69, 9.17) is 0 Å². The van der Waals surface area contributed by atoms with Crippen molar-refractivity contribution in [3.05, 3.63) is 40.3 Å². The number of likely N-dealkylation sites (tertiary alicyclic amines) is 1. The predicted octanol–water partition coefficient (Wildman–Crippen LogP) is 0.432. The molecule has 9 nitrogen and oxygen atoms in total. The van der Waals surface area contributed by atoms with Gasteiger partial charge in [0.25, 0.3) is 0 Å². The van der Waals surface area contributed by atoms with E-state index in [-0.39, 0.29) is 31.2 Å². The zero-order valence-electron chi connectivity index (χ0n) is 15.5. The molecule has 5 rings (SSSR count). The van der Waals surface area contributed by atoms with Crippen LogP contribution in [0.1, 0.15) is 30.4 Å². The van der Waals surface area contributed by atoms with Gasteiger partial charge in [0.15, 0.2) is 5.65 Å². The van der Waals surface area contributed by atoms with Crippen LogP contribution in [-0.4, -0.2) is 59.2 Å². The number of pyridine rings is 1. The predicted molar refractivity (Wildman–Crippen MR) is 97.5 cm³/mol. The first-order chi connectivity index (χ1) is 13.5. The van der Waals surface area contributed by atoms with Crippen molar-refractivity contribution in [2.24, 2.45) is 7.05 Å². The van der Waals surface area contributed by atoms with Crippen molar-refractivity contribution in [2.45, 2.75) is 38.0 Å². The molecule has 1 atom stereocenters. The lowest BCUT2D eigenvalue weighted by Crippen LogP contribution is -2.54. The van der Waals surface area contributed by atoms with Gasteiger partial charge in [0, 0.05) is 25.1 Å². The molecule has 0 aliphatic carbocycles. The summed E-state index contributed by atoms with van der Waals surface area (Å²) in [5.41, 5.74) is 1.11. The van der Waals surface area contributed by atoms with Crippen molar-refractivity contribution in [2.75, 3.05) is 13.1 Å². The number of hydrogen-bond donors (Lipinski definition) is 0. The number of aromatic nitrogens is 6. The Morgan fingerprint density at radius 2 is 2.14 bits per heavy atom. The summed E-state index contributed by atoms with van der Waals surface area (Å²) in [6.07, 6.45) is 2.72. The summed E-state index contributed by atoms with van der Waals surface area (Å²) in [6, 6.07) is 3.14. The molecule has 0 saturated carbocycles. The molecule has 1 amide bonds. The van der Waals surface area contributed by atoms with Crippen LogP contribution in [0.4, 0.5) is 4.39 Å². The van der Waals surface area contributed by atoms with Crippen LogP contribution in [0.2, 0.25) is 0 Å². The molecule has 0 N–H and O–H groups in total. The van der Waals surface area contributed by atoms with E-state index in [0.29, 0.717) is 24.4 Å². The SMILES string of the molecule is Cn1nc(Cn2nc3n(c2=O)C(C(=O)N2CC(F)C2)CCC3)c2cccnc21. The van der Waals surface area contributed by atoms with Gasteiger partial charge in [-0.05, 0) is 25.0 Å². The lowest BCUT2D eigenvalue weighted by Gasteiger charge is -2.37. The molecule has 1 saturated heterocycles. The van der Waals surface area contributed by atoms with E-state index >= 15 is 0 Å². The summed E-state index contributed by atoms with van der Waals surface area (Å²) in [5, 5.41) is 9.80. The van der Waals surface area contributed by atoms with Crippen LogP contribution < -0.4 is 5.69 Å². The zero-order chi connectivity index (χ0) is 19.4. The maximum atomic E-state index is 13.2. The lowest BCUT2D eigenvalue weighted by atomic mass is 10.0. The van der Waals surface area contributed by atoms with Gasteiger partial charge in [-0.1, -0.05) is 0 Å². The zero-order valence-corrected chi connectivity index (χ0v) is 15.5. The van der Waals surface area contributed by atoms with Gasteiger partial charge in [-0.3, -0.25) is 14.0 Å². The van der Waals surface area contributed by atoms with Crippen molar-refractivity contribution >= 4 is 16.9 Å². The molecule has 0 aromatic carbocycles. The molecule has 1 fully saturated rings. The van der Waals surface area contributed by atoms with E-state index < -0.39 is 12.2 Å². The van der Waals surface area contributed by atoms with E-state index in [1.165, 1.54) is 14.1 Å². The molecule has 1 unspecified atom stereocenters. The summed E-state index contributed by atoms with van der Waals surface area (Å²) in [6.45, 7) is 0.431. The summed E-state index contributed by atoms with van der Waals surface area (Å²) in [7, 11) is 1.81. The van der Waals surface area contributed by atoms with Crippen LogP contribution in [0.15, 0.2) is 23.1 Å². The van der Waals surface area contributed by atoms with Crippen molar-refractivity contribution in [3.63, 3.8) is 0 Å². The van der Waals surface area contributed by atoms with Crippen LogP contribution in [-0.2, 0) is 24.8 Å². The number of fused-ring (bicyclic) bond motifs is 2. The molecule has 0 spiro atoms. The molecule has 2 aliphatic heterocycles. The van der Waals surface area contributed by atoms with Crippen molar-refractivity contribution in [1.82, 2.24) is 34.0 Å². The van der Waals surface area contributed by atoms with Crippen LogP contribution in [0.25, 0.3) is 11.0 Å². The largest absolute Gasteiger partial charge is 0.347 e. The first-order valence-electron chi connectivity index (χ1n) is 9.40. The molecule has 10 heteroatoms. The van der Waals surface area contributed by atoms with E-state index in [0.717, 1.165) is 17.5 Å². The Hall–Kier alpha value is -3.04. The molecular weight excluding hydrogens is 365 g/mol. The van der Waals surface area contributed by atoms with Gasteiger partial charge in [-0.2, -0.15) is 10.2 Å². The maximum Gasteiger partial charge on any atom is 0.347 e. The minimum absolute atomic E-state index is 0.112. The molecular formula is C18H20FN7O2. The number of nitrogens with zero attached hydrogens (tertiary/aromatic N) is 7. The topological polar surface area (TPSA) is 90.8 Å². The number of hydrogen-bond acceptors (Lipinski definition) is 5. The standard InChI is InChI=1S/C18H20FN7O2/c1-23-16-12(4-3-7-20-16)13(21-23)10-25-18(28)26-14(5-2-6-15(26)22-25)17(27)24-8-11(19)9-24/h3-4,7,11,14H,2,5-6,8-10H2,1H3. The quantitative estimate of drug-likeness (QED) is 0.652. The van der Waals surface area contributed by atoms with Crippen molar-refractivity contribution < 1.29 is 9.18 Å². The highest BCUT2D eigenvalue weighted by Gasteiger charge is 2.38. The Morgan fingerprint density at radius 1 is 1.32 bits per heavy atom. The molecule has 3 aromatic heterocycles. The van der Waals surface area contributed by atoms with Crippen LogP contribution in [0.3, 0.4) is 0 Å². The third-order valence-electron chi connectivity index (χ3n) is 5.54. The number of rotatable bonds is 3. The fourth-order valence-electron chi connectivity index (χ4n) is 4.10. The third kappa shape index (κ3) is 2.54. The summed E-state index contributed by atoms with van der Waals surface area (Å²) in [4.78, 5) is 31.6. The lowest BCUT2D eigenvalue weighted by molar-refractivity contribution is -0.142. The number of alkyl halides is 1. The Kier molecular flexibility index (Phi) is 3.81. The molecule has 0 radical (unpaired) electrons. The average molecular weight is 385 g/mol. The number of amides is 1. The van der Waals surface area contributed by atoms with E-state index in [1.807, 2.05) is 12.1 Å². The fourth-order valence-corrected chi connectivity index (χ4v) is 4.10. The average Bonchev–Trinajstić information content (AvgIpc) is 3.16. The maximum absolute atomic E-state index is 13.2. The molecule has 2 aliphatic rings. The monoisotopic (exact) mass is 385 g/mol. The van der Waals surface area contributed by atoms with Gasteiger partial charge in [0.05, 0.1) is 25.3 Å². The van der Waals surface area contributed by atoms with E-state index in [9.17, 15) is 14.0 Å².